The summed E-state index contributed by atoms with van der Waals surface area (Å²) >= 11 is 2.37. The lowest BCUT2D eigenvalue weighted by atomic mass is 9.88. The minimum Gasteiger partial charge on any atom is -0.365 e. The molecule has 2 rings (SSSR count). The summed E-state index contributed by atoms with van der Waals surface area (Å²) in [7, 11) is 0. The molecule has 0 spiro atoms. The van der Waals surface area contributed by atoms with Crippen molar-refractivity contribution in [3.63, 3.8) is 0 Å². The zero-order chi connectivity index (χ0) is 13.9. The van der Waals surface area contributed by atoms with Gasteiger partial charge >= 0.3 is 0 Å². The van der Waals surface area contributed by atoms with Crippen LogP contribution >= 0.6 is 22.6 Å². The lowest BCUT2D eigenvalue weighted by Gasteiger charge is -2.48. The van der Waals surface area contributed by atoms with Crippen LogP contribution in [0, 0.1) is 3.57 Å². The van der Waals surface area contributed by atoms with Gasteiger partial charge < -0.3 is 10.2 Å². The second-order valence-corrected chi connectivity index (χ2v) is 6.78. The smallest absolute Gasteiger partial charge is 0.0412 e. The van der Waals surface area contributed by atoms with Crippen molar-refractivity contribution in [2.24, 2.45) is 0 Å². The van der Waals surface area contributed by atoms with E-state index < -0.39 is 0 Å². The quantitative estimate of drug-likeness (QED) is 0.803. The van der Waals surface area contributed by atoms with Crippen molar-refractivity contribution in [1.82, 2.24) is 5.32 Å². The SMILES string of the molecule is CCC1CNC(CC)(CC)CN1c1ccc(I)cc1. The molecule has 106 valence electrons. The Hall–Kier alpha value is -0.290. The number of anilines is 1. The second-order valence-electron chi connectivity index (χ2n) is 5.53. The summed E-state index contributed by atoms with van der Waals surface area (Å²) in [6.45, 7) is 9.12. The Labute approximate surface area is 131 Å². The molecule has 0 amide bonds. The van der Waals surface area contributed by atoms with Gasteiger partial charge in [0.2, 0.25) is 0 Å². The van der Waals surface area contributed by atoms with Crippen molar-refractivity contribution in [2.75, 3.05) is 18.0 Å². The standard InChI is InChI=1S/C16H25IN2/c1-4-14-11-18-16(5-2,6-3)12-19(14)15-9-7-13(17)8-10-15/h7-10,14,18H,4-6,11-12H2,1-3H3. The first-order valence-corrected chi connectivity index (χ1v) is 8.49. The van der Waals surface area contributed by atoms with Gasteiger partial charge in [0.1, 0.15) is 0 Å². The number of nitrogens with zero attached hydrogens (tertiary/aromatic N) is 1. The largest absolute Gasteiger partial charge is 0.365 e. The van der Waals surface area contributed by atoms with Crippen LogP contribution in [0.15, 0.2) is 24.3 Å². The van der Waals surface area contributed by atoms with Gasteiger partial charge in [0.25, 0.3) is 0 Å². The Morgan fingerprint density at radius 1 is 1.21 bits per heavy atom. The molecule has 2 nitrogen and oxygen atoms in total. The average Bonchev–Trinajstić information content (AvgIpc) is 2.47. The molecular weight excluding hydrogens is 347 g/mol. The molecule has 1 aromatic rings. The molecule has 1 aromatic carbocycles. The number of hydrogen-bond donors (Lipinski definition) is 1. The van der Waals surface area contributed by atoms with E-state index in [0.717, 1.165) is 13.1 Å². The Morgan fingerprint density at radius 2 is 1.84 bits per heavy atom. The van der Waals surface area contributed by atoms with Crippen LogP contribution in [-0.2, 0) is 0 Å². The third kappa shape index (κ3) is 3.24. The van der Waals surface area contributed by atoms with Crippen LogP contribution in [0.2, 0.25) is 0 Å². The molecular formula is C16H25IN2. The molecule has 1 N–H and O–H groups in total. The number of hydrogen-bond acceptors (Lipinski definition) is 2. The minimum absolute atomic E-state index is 0.286. The maximum atomic E-state index is 3.80. The molecule has 1 fully saturated rings. The van der Waals surface area contributed by atoms with Gasteiger partial charge in [-0.1, -0.05) is 20.8 Å². The summed E-state index contributed by atoms with van der Waals surface area (Å²) in [4.78, 5) is 2.61. The summed E-state index contributed by atoms with van der Waals surface area (Å²) in [5, 5.41) is 3.80. The zero-order valence-electron chi connectivity index (χ0n) is 12.2. The van der Waals surface area contributed by atoms with Crippen LogP contribution in [0.1, 0.15) is 40.0 Å². The summed E-state index contributed by atoms with van der Waals surface area (Å²) in [6, 6.07) is 9.58. The highest BCUT2D eigenvalue weighted by Crippen LogP contribution is 2.29. The first-order chi connectivity index (χ1) is 9.14. The van der Waals surface area contributed by atoms with Gasteiger partial charge in [-0.2, -0.15) is 0 Å². The molecule has 1 aliphatic rings. The van der Waals surface area contributed by atoms with E-state index in [1.165, 1.54) is 28.5 Å². The van der Waals surface area contributed by atoms with E-state index in [1.807, 2.05) is 0 Å². The number of rotatable bonds is 4. The zero-order valence-corrected chi connectivity index (χ0v) is 14.4. The van der Waals surface area contributed by atoms with Crippen molar-refractivity contribution in [3.8, 4) is 0 Å². The molecule has 1 atom stereocenters. The van der Waals surface area contributed by atoms with E-state index in [-0.39, 0.29) is 5.54 Å². The highest BCUT2D eigenvalue weighted by Gasteiger charge is 2.36. The predicted octanol–water partition coefficient (Wildman–Crippen LogP) is 4.04. The molecule has 1 saturated heterocycles. The second kappa shape index (κ2) is 6.44. The van der Waals surface area contributed by atoms with Gasteiger partial charge in [-0.3, -0.25) is 0 Å². The maximum absolute atomic E-state index is 3.80. The Morgan fingerprint density at radius 3 is 2.37 bits per heavy atom. The Bertz CT molecular complexity index is 398. The van der Waals surface area contributed by atoms with Crippen molar-refractivity contribution < 1.29 is 0 Å². The molecule has 0 aliphatic carbocycles. The predicted molar refractivity (Wildman–Crippen MR) is 91.9 cm³/mol. The topological polar surface area (TPSA) is 15.3 Å². The van der Waals surface area contributed by atoms with Gasteiger partial charge in [0, 0.05) is 33.9 Å². The summed E-state index contributed by atoms with van der Waals surface area (Å²) in [6.07, 6.45) is 3.59. The highest BCUT2D eigenvalue weighted by molar-refractivity contribution is 14.1. The van der Waals surface area contributed by atoms with E-state index in [1.54, 1.807) is 0 Å². The monoisotopic (exact) mass is 372 g/mol. The molecule has 3 heteroatoms. The van der Waals surface area contributed by atoms with Crippen LogP contribution in [-0.4, -0.2) is 24.7 Å². The first-order valence-electron chi connectivity index (χ1n) is 7.41. The van der Waals surface area contributed by atoms with Crippen molar-refractivity contribution in [2.45, 2.75) is 51.6 Å². The van der Waals surface area contributed by atoms with Gasteiger partial charge in [-0.15, -0.1) is 0 Å². The first kappa shape index (κ1) is 15.1. The Balaban J connectivity index is 2.25. The molecule has 0 saturated carbocycles. The fraction of sp³-hybridized carbons (Fsp3) is 0.625. The van der Waals surface area contributed by atoms with E-state index >= 15 is 0 Å². The van der Waals surface area contributed by atoms with Crippen molar-refractivity contribution in [1.29, 1.82) is 0 Å². The van der Waals surface area contributed by atoms with Crippen molar-refractivity contribution in [3.05, 3.63) is 27.8 Å². The van der Waals surface area contributed by atoms with E-state index in [9.17, 15) is 0 Å². The van der Waals surface area contributed by atoms with Gasteiger partial charge in [-0.05, 0) is 66.1 Å². The van der Waals surface area contributed by atoms with Gasteiger partial charge in [0.05, 0.1) is 0 Å². The van der Waals surface area contributed by atoms with E-state index in [4.69, 9.17) is 0 Å². The molecule has 1 heterocycles. The number of piperazine rings is 1. The average molecular weight is 372 g/mol. The maximum Gasteiger partial charge on any atom is 0.0412 e. The number of nitrogens with one attached hydrogen (secondary N) is 1. The fourth-order valence-corrected chi connectivity index (χ4v) is 3.34. The number of benzene rings is 1. The van der Waals surface area contributed by atoms with Gasteiger partial charge in [-0.25, -0.2) is 0 Å². The molecule has 0 bridgehead atoms. The van der Waals surface area contributed by atoms with E-state index in [2.05, 4.69) is 77.8 Å². The van der Waals surface area contributed by atoms with Crippen LogP contribution in [0.25, 0.3) is 0 Å². The van der Waals surface area contributed by atoms with Crippen LogP contribution in [0.4, 0.5) is 5.69 Å². The van der Waals surface area contributed by atoms with E-state index in [0.29, 0.717) is 6.04 Å². The molecule has 19 heavy (non-hydrogen) atoms. The van der Waals surface area contributed by atoms with Gasteiger partial charge in [0.15, 0.2) is 0 Å². The summed E-state index contributed by atoms with van der Waals surface area (Å²) in [5.41, 5.74) is 1.66. The van der Waals surface area contributed by atoms with Crippen LogP contribution < -0.4 is 10.2 Å². The normalized spacial score (nSPS) is 22.5. The molecule has 0 aromatic heterocycles. The molecule has 1 aliphatic heterocycles. The summed E-state index contributed by atoms with van der Waals surface area (Å²) < 4.78 is 1.31. The lowest BCUT2D eigenvalue weighted by molar-refractivity contribution is 0.246. The summed E-state index contributed by atoms with van der Waals surface area (Å²) in [5.74, 6) is 0. The third-order valence-electron chi connectivity index (χ3n) is 4.61. The number of halogens is 1. The highest BCUT2D eigenvalue weighted by atomic mass is 127. The van der Waals surface area contributed by atoms with Crippen LogP contribution in [0.5, 0.6) is 0 Å². The lowest BCUT2D eigenvalue weighted by Crippen LogP contribution is -2.64. The third-order valence-corrected chi connectivity index (χ3v) is 5.33. The van der Waals surface area contributed by atoms with Crippen LogP contribution in [0.3, 0.4) is 0 Å². The molecule has 0 radical (unpaired) electrons. The minimum atomic E-state index is 0.286. The fourth-order valence-electron chi connectivity index (χ4n) is 2.98. The molecule has 1 unspecified atom stereocenters. The van der Waals surface area contributed by atoms with Crippen molar-refractivity contribution >= 4 is 28.3 Å². The Kier molecular flexibility index (Phi) is 5.12.